The van der Waals surface area contributed by atoms with Crippen LogP contribution in [0.4, 0.5) is 0 Å². The molecule has 2 aliphatic rings. The summed E-state index contributed by atoms with van der Waals surface area (Å²) in [6.07, 6.45) is 10.6. The van der Waals surface area contributed by atoms with Crippen LogP contribution in [0.25, 0.3) is 0 Å². The fraction of sp³-hybridized carbons (Fsp3) is 0.417. The Morgan fingerprint density at radius 3 is 2.84 bits per heavy atom. The van der Waals surface area contributed by atoms with Crippen molar-refractivity contribution in [3.63, 3.8) is 0 Å². The molecule has 7 heteroatoms. The van der Waals surface area contributed by atoms with Gasteiger partial charge in [-0.15, -0.1) is 0 Å². The quantitative estimate of drug-likeness (QED) is 0.379. The number of hydrogen-bond donors (Lipinski definition) is 3. The molecule has 7 nitrogen and oxygen atoms in total. The molecule has 2 aliphatic heterocycles. The lowest BCUT2D eigenvalue weighted by atomic mass is 9.91. The zero-order chi connectivity index (χ0) is 22.2. The number of aliphatic hydroxyl groups excluding tert-OH is 1. The number of aromatic hydroxyl groups is 1. The standard InChI is InChI=1S/C24H29NO6/c1-2-3-4-5-9-22(28)25-11-10-18-15-20-14-17(26)13-19(30-20)12-16-7-6-8-21(27)23(16)24(29)31-18/h3-11,17-20,26-27H,2,12-15H2,1H3,(H,25,28)/b4-3-,9-5-,11-10-/t17-,18-,19+,20-/m1/s1. The third kappa shape index (κ3) is 6.54. The first-order valence-corrected chi connectivity index (χ1v) is 10.6. The molecule has 0 aliphatic carbocycles. The first-order valence-electron chi connectivity index (χ1n) is 10.6. The van der Waals surface area contributed by atoms with E-state index in [0.717, 1.165) is 6.42 Å². The number of benzene rings is 1. The summed E-state index contributed by atoms with van der Waals surface area (Å²) in [5.74, 6) is -1.09. The van der Waals surface area contributed by atoms with E-state index in [1.54, 1.807) is 30.4 Å². The largest absolute Gasteiger partial charge is 0.507 e. The van der Waals surface area contributed by atoms with Gasteiger partial charge >= 0.3 is 5.97 Å². The van der Waals surface area contributed by atoms with Crippen molar-refractivity contribution in [1.29, 1.82) is 0 Å². The van der Waals surface area contributed by atoms with E-state index >= 15 is 0 Å². The highest BCUT2D eigenvalue weighted by Gasteiger charge is 2.34. The fourth-order valence-corrected chi connectivity index (χ4v) is 3.87. The van der Waals surface area contributed by atoms with Crippen LogP contribution in [-0.2, 0) is 20.7 Å². The van der Waals surface area contributed by atoms with Crippen molar-refractivity contribution in [2.75, 3.05) is 0 Å². The molecule has 0 aromatic heterocycles. The van der Waals surface area contributed by atoms with Crippen molar-refractivity contribution in [2.45, 2.75) is 63.4 Å². The molecule has 166 valence electrons. The lowest BCUT2D eigenvalue weighted by Gasteiger charge is -2.35. The fourth-order valence-electron chi connectivity index (χ4n) is 3.87. The molecule has 0 spiro atoms. The second kappa shape index (κ2) is 10.9. The Kier molecular flexibility index (Phi) is 8.03. The number of phenols is 1. The predicted molar refractivity (Wildman–Crippen MR) is 115 cm³/mol. The minimum atomic E-state index is -0.696. The second-order valence-corrected chi connectivity index (χ2v) is 7.76. The van der Waals surface area contributed by atoms with Crippen molar-refractivity contribution < 1.29 is 29.3 Å². The molecule has 4 atom stereocenters. The summed E-state index contributed by atoms with van der Waals surface area (Å²) in [5, 5.41) is 23.1. The smallest absolute Gasteiger partial charge is 0.342 e. The van der Waals surface area contributed by atoms with E-state index in [1.165, 1.54) is 18.3 Å². The van der Waals surface area contributed by atoms with Crippen molar-refractivity contribution in [3.8, 4) is 5.75 Å². The average molecular weight is 427 g/mol. The normalized spacial score (nSPS) is 26.7. The highest BCUT2D eigenvalue weighted by atomic mass is 16.5. The van der Waals surface area contributed by atoms with Crippen molar-refractivity contribution in [2.24, 2.45) is 0 Å². The number of aliphatic hydroxyl groups is 1. The first kappa shape index (κ1) is 22.8. The monoisotopic (exact) mass is 427 g/mol. The molecule has 2 bridgehead atoms. The number of fused-ring (bicyclic) bond motifs is 3. The zero-order valence-corrected chi connectivity index (χ0v) is 17.6. The van der Waals surface area contributed by atoms with Crippen LogP contribution in [0.15, 0.2) is 54.8 Å². The molecule has 1 aromatic carbocycles. The molecule has 0 saturated carbocycles. The van der Waals surface area contributed by atoms with Gasteiger partial charge < -0.3 is 25.0 Å². The Labute approximate surface area is 182 Å². The Balaban J connectivity index is 1.77. The van der Waals surface area contributed by atoms with E-state index in [4.69, 9.17) is 9.47 Å². The minimum Gasteiger partial charge on any atom is -0.507 e. The second-order valence-electron chi connectivity index (χ2n) is 7.76. The lowest BCUT2D eigenvalue weighted by Crippen LogP contribution is -2.40. The Morgan fingerprint density at radius 1 is 1.23 bits per heavy atom. The number of amides is 1. The SMILES string of the molecule is CC/C=C\C=C/C(=O)N/C=C\[C@@H]1C[C@H]2C[C@H](O)C[C@H](Cc3cccc(O)c3C(=O)O1)O2. The predicted octanol–water partition coefficient (Wildman–Crippen LogP) is 2.92. The molecule has 1 aromatic rings. The van der Waals surface area contributed by atoms with Crippen LogP contribution in [-0.4, -0.2) is 46.5 Å². The summed E-state index contributed by atoms with van der Waals surface area (Å²) in [6.45, 7) is 2.00. The highest BCUT2D eigenvalue weighted by molar-refractivity contribution is 5.94. The van der Waals surface area contributed by atoms with Gasteiger partial charge in [0.15, 0.2) is 0 Å². The van der Waals surface area contributed by atoms with Gasteiger partial charge in [0.05, 0.1) is 18.3 Å². The molecule has 0 radical (unpaired) electrons. The van der Waals surface area contributed by atoms with Gasteiger partial charge in [-0.25, -0.2) is 4.79 Å². The number of cyclic esters (lactones) is 1. The topological polar surface area (TPSA) is 105 Å². The first-order chi connectivity index (χ1) is 15.0. The maximum absolute atomic E-state index is 12.8. The zero-order valence-electron chi connectivity index (χ0n) is 17.6. The molecular formula is C24H29NO6. The van der Waals surface area contributed by atoms with Crippen LogP contribution in [0, 0.1) is 0 Å². The molecule has 31 heavy (non-hydrogen) atoms. The van der Waals surface area contributed by atoms with E-state index in [1.807, 2.05) is 13.0 Å². The summed E-state index contributed by atoms with van der Waals surface area (Å²) < 4.78 is 11.8. The van der Waals surface area contributed by atoms with Gasteiger partial charge in [0, 0.05) is 18.7 Å². The van der Waals surface area contributed by atoms with Gasteiger partial charge in [0.1, 0.15) is 17.4 Å². The van der Waals surface area contributed by atoms with E-state index in [9.17, 15) is 19.8 Å². The molecule has 1 saturated heterocycles. The number of allylic oxidation sites excluding steroid dienone is 3. The summed E-state index contributed by atoms with van der Waals surface area (Å²) in [5.41, 5.74) is 0.726. The molecular weight excluding hydrogens is 398 g/mol. The lowest BCUT2D eigenvalue weighted by molar-refractivity contribution is -0.115. The van der Waals surface area contributed by atoms with Gasteiger partial charge in [0.2, 0.25) is 5.91 Å². The highest BCUT2D eigenvalue weighted by Crippen LogP contribution is 2.31. The molecule has 2 heterocycles. The minimum absolute atomic E-state index is 0.109. The molecule has 1 amide bonds. The van der Waals surface area contributed by atoms with Crippen LogP contribution in [0.5, 0.6) is 5.75 Å². The van der Waals surface area contributed by atoms with Gasteiger partial charge in [-0.2, -0.15) is 0 Å². The number of rotatable bonds is 5. The molecule has 1 fully saturated rings. The van der Waals surface area contributed by atoms with Crippen LogP contribution in [0.2, 0.25) is 0 Å². The maximum atomic E-state index is 12.8. The van der Waals surface area contributed by atoms with Crippen LogP contribution >= 0.6 is 0 Å². The summed E-state index contributed by atoms with van der Waals surface area (Å²) in [4.78, 5) is 24.7. The number of phenolic OH excluding ortho intramolecular Hbond substituents is 1. The van der Waals surface area contributed by atoms with Gasteiger partial charge in [-0.05, 0) is 43.4 Å². The van der Waals surface area contributed by atoms with E-state index in [2.05, 4.69) is 5.32 Å². The molecule has 3 rings (SSSR count). The molecule has 0 unspecified atom stereocenters. The van der Waals surface area contributed by atoms with Gasteiger partial charge in [-0.1, -0.05) is 37.3 Å². The Morgan fingerprint density at radius 2 is 2.03 bits per heavy atom. The third-order valence-electron chi connectivity index (χ3n) is 5.26. The number of esters is 1. The van der Waals surface area contributed by atoms with Gasteiger partial charge in [0.25, 0.3) is 0 Å². The summed E-state index contributed by atoms with van der Waals surface area (Å²) in [7, 11) is 0. The third-order valence-corrected chi connectivity index (χ3v) is 5.26. The average Bonchev–Trinajstić information content (AvgIpc) is 2.70. The Bertz CT molecular complexity index is 875. The van der Waals surface area contributed by atoms with E-state index < -0.39 is 18.2 Å². The van der Waals surface area contributed by atoms with Gasteiger partial charge in [-0.3, -0.25) is 4.79 Å². The van der Waals surface area contributed by atoms with Crippen molar-refractivity contribution in [1.82, 2.24) is 5.32 Å². The number of carbonyl (C=O) groups excluding carboxylic acids is 2. The van der Waals surface area contributed by atoms with Crippen molar-refractivity contribution >= 4 is 11.9 Å². The van der Waals surface area contributed by atoms with Crippen LogP contribution in [0.3, 0.4) is 0 Å². The number of hydrogen-bond acceptors (Lipinski definition) is 6. The maximum Gasteiger partial charge on any atom is 0.342 e. The Hall–Kier alpha value is -2.90. The molecule has 3 N–H and O–H groups in total. The van der Waals surface area contributed by atoms with Crippen LogP contribution < -0.4 is 5.32 Å². The van der Waals surface area contributed by atoms with Crippen LogP contribution in [0.1, 0.15) is 48.5 Å². The van der Waals surface area contributed by atoms with Crippen molar-refractivity contribution in [3.05, 3.63) is 65.9 Å². The number of carbonyl (C=O) groups is 2. The van der Waals surface area contributed by atoms with E-state index in [0.29, 0.717) is 31.2 Å². The summed E-state index contributed by atoms with van der Waals surface area (Å²) >= 11 is 0. The number of nitrogens with one attached hydrogen (secondary N) is 1. The van der Waals surface area contributed by atoms with E-state index in [-0.39, 0.29) is 29.4 Å². The summed E-state index contributed by atoms with van der Waals surface area (Å²) in [6, 6.07) is 4.86. The number of ether oxygens (including phenoxy) is 2.